The summed E-state index contributed by atoms with van der Waals surface area (Å²) in [6.07, 6.45) is -5.72. The first-order valence-electron chi connectivity index (χ1n) is 21.0. The molecule has 0 unspecified atom stereocenters. The van der Waals surface area contributed by atoms with Gasteiger partial charge < -0.3 is 69.7 Å². The molecule has 0 bridgehead atoms. The molecule has 2 amide bonds. The molecule has 0 aromatic heterocycles. The lowest BCUT2D eigenvalue weighted by molar-refractivity contribution is -0.298. The maximum Gasteiger partial charge on any atom is 0.338 e. The zero-order chi connectivity index (χ0) is 45.6. The summed E-state index contributed by atoms with van der Waals surface area (Å²) < 4.78 is 35.4. The van der Waals surface area contributed by atoms with Gasteiger partial charge in [-0.1, -0.05) is 48.6 Å². The van der Waals surface area contributed by atoms with Crippen molar-refractivity contribution >= 4 is 29.8 Å². The summed E-state index contributed by atoms with van der Waals surface area (Å²) in [5.41, 5.74) is 2.21. The van der Waals surface area contributed by atoms with Gasteiger partial charge in [-0.15, -0.1) is 0 Å². The predicted octanol–water partition coefficient (Wildman–Crippen LogP) is 0.116. The van der Waals surface area contributed by atoms with Crippen molar-refractivity contribution in [2.24, 2.45) is 0 Å². The summed E-state index contributed by atoms with van der Waals surface area (Å²) in [7, 11) is 0. The first-order valence-corrected chi connectivity index (χ1v) is 21.0. The van der Waals surface area contributed by atoms with Crippen molar-refractivity contribution in [2.45, 2.75) is 138 Å². The Labute approximate surface area is 364 Å². The summed E-state index contributed by atoms with van der Waals surface area (Å²) in [6, 6.07) is 11.9. The van der Waals surface area contributed by atoms with Crippen molar-refractivity contribution in [3.05, 3.63) is 88.5 Å². The van der Waals surface area contributed by atoms with Gasteiger partial charge in [0.1, 0.15) is 54.4 Å². The Morgan fingerprint density at radius 2 is 1.67 bits per heavy atom. The van der Waals surface area contributed by atoms with E-state index in [0.717, 1.165) is 11.1 Å². The van der Waals surface area contributed by atoms with E-state index in [1.807, 2.05) is 24.3 Å². The lowest BCUT2D eigenvalue weighted by Gasteiger charge is -2.39. The molecule has 2 saturated heterocycles. The van der Waals surface area contributed by atoms with E-state index in [-0.39, 0.29) is 37.0 Å². The molecule has 0 radical (unpaired) electrons. The minimum Gasteiger partial charge on any atom is -0.460 e. The van der Waals surface area contributed by atoms with E-state index >= 15 is 0 Å². The zero-order valence-corrected chi connectivity index (χ0v) is 35.6. The molecular weight excluding hydrogens is 824 g/mol. The Balaban J connectivity index is 1.13. The molecule has 1 spiro atoms. The topological polar surface area (TPSA) is 269 Å². The number of carbonyl (C=O) groups is 4. The average molecular weight is 883 g/mol. The van der Waals surface area contributed by atoms with Crippen molar-refractivity contribution in [3.63, 3.8) is 0 Å². The monoisotopic (exact) mass is 882 g/mol. The number of aliphatic hydroxyl groups is 6. The number of aliphatic hydroxyl groups excluding tert-OH is 6. The largest absolute Gasteiger partial charge is 0.460 e. The molecule has 2 aliphatic carbocycles. The molecule has 6 rings (SSSR count). The van der Waals surface area contributed by atoms with Crippen molar-refractivity contribution in [2.75, 3.05) is 19.8 Å². The minimum atomic E-state index is -1.59. The second kappa shape index (κ2) is 20.5. The standard InChI is InChI=1S/C45H58N2O16/c1-24(50)35(41(56)46-30(22-48)14-15-34(51)62-44(2,3)4)47-40(55)29-18-31(39-32(19-29)61-45(63-39)20-27-11-5-6-12-28(27)21-45)59-42(57)26-13-7-9-25(17-26)10-8-16-58-43-38(54)37(53)36(52)33(23-49)60-43/h5-13,17,19,24,30-33,35-39,43,48-50,52-54H,14-16,18,20-23H2,1-4H3,(H,46,56)(H,47,55)/t24-,30-,31+,32+,33+,35+,36-,37-,38+,39-,43-/m0/s1. The number of benzene rings is 2. The molecule has 2 aromatic carbocycles. The highest BCUT2D eigenvalue weighted by Gasteiger charge is 2.55. The molecule has 11 atom stereocenters. The number of ether oxygens (including phenoxy) is 6. The van der Waals surface area contributed by atoms with Gasteiger partial charge in [0, 0.05) is 31.3 Å². The van der Waals surface area contributed by atoms with Gasteiger partial charge in [-0.05, 0) is 69.0 Å². The fraction of sp³-hybridized carbons (Fsp3) is 0.556. The van der Waals surface area contributed by atoms with E-state index in [4.69, 9.17) is 28.4 Å². The number of esters is 2. The Morgan fingerprint density at radius 1 is 0.952 bits per heavy atom. The first kappa shape index (κ1) is 47.9. The van der Waals surface area contributed by atoms with E-state index in [1.54, 1.807) is 63.3 Å². The lowest BCUT2D eigenvalue weighted by atomic mass is 9.91. The molecule has 2 aromatic rings. The van der Waals surface area contributed by atoms with E-state index < -0.39 is 116 Å². The van der Waals surface area contributed by atoms with Crippen molar-refractivity contribution in [1.29, 1.82) is 0 Å². The number of carbonyl (C=O) groups excluding carboxylic acids is 4. The molecule has 63 heavy (non-hydrogen) atoms. The van der Waals surface area contributed by atoms with Crippen LogP contribution in [0.2, 0.25) is 0 Å². The summed E-state index contributed by atoms with van der Waals surface area (Å²) in [5, 5.41) is 65.5. The van der Waals surface area contributed by atoms with E-state index in [9.17, 15) is 49.8 Å². The van der Waals surface area contributed by atoms with Gasteiger partial charge in [0.05, 0.1) is 37.5 Å². The van der Waals surface area contributed by atoms with Crippen molar-refractivity contribution < 1.29 is 78.2 Å². The third-order valence-corrected chi connectivity index (χ3v) is 11.1. The number of hydrogen-bond acceptors (Lipinski definition) is 16. The highest BCUT2D eigenvalue weighted by molar-refractivity contribution is 5.98. The van der Waals surface area contributed by atoms with Crippen LogP contribution in [0.3, 0.4) is 0 Å². The van der Waals surface area contributed by atoms with Crippen LogP contribution >= 0.6 is 0 Å². The fourth-order valence-corrected chi connectivity index (χ4v) is 8.00. The van der Waals surface area contributed by atoms with Crippen LogP contribution in [-0.2, 0) is 55.6 Å². The van der Waals surface area contributed by atoms with Crippen LogP contribution in [0.4, 0.5) is 0 Å². The maximum absolute atomic E-state index is 14.0. The highest BCUT2D eigenvalue weighted by Crippen LogP contribution is 2.45. The number of rotatable bonds is 16. The molecule has 8 N–H and O–H groups in total. The molecular formula is C45H58N2O16. The van der Waals surface area contributed by atoms with Crippen LogP contribution in [-0.4, -0.2) is 153 Å². The molecule has 344 valence electrons. The van der Waals surface area contributed by atoms with Crippen LogP contribution in [0.15, 0.2) is 66.3 Å². The fourth-order valence-electron chi connectivity index (χ4n) is 8.00. The second-order valence-corrected chi connectivity index (χ2v) is 17.3. The minimum absolute atomic E-state index is 0.0427. The quantitative estimate of drug-likeness (QED) is 0.104. The van der Waals surface area contributed by atoms with Crippen molar-refractivity contribution in [3.8, 4) is 0 Å². The number of nitrogens with one attached hydrogen (secondary N) is 2. The summed E-state index contributed by atoms with van der Waals surface area (Å²) in [4.78, 5) is 53.5. The second-order valence-electron chi connectivity index (χ2n) is 17.3. The van der Waals surface area contributed by atoms with Gasteiger partial charge in [-0.3, -0.25) is 14.4 Å². The molecule has 0 saturated carbocycles. The summed E-state index contributed by atoms with van der Waals surface area (Å²) >= 11 is 0. The third kappa shape index (κ3) is 12.0. The Morgan fingerprint density at radius 3 is 2.32 bits per heavy atom. The Bertz CT molecular complexity index is 1990. The Hall–Kier alpha value is -4.60. The van der Waals surface area contributed by atoms with Crippen molar-refractivity contribution in [1.82, 2.24) is 10.6 Å². The van der Waals surface area contributed by atoms with E-state index in [0.29, 0.717) is 18.4 Å². The molecule has 18 heteroatoms. The van der Waals surface area contributed by atoms with Gasteiger partial charge >= 0.3 is 11.9 Å². The molecule has 4 aliphatic rings. The van der Waals surface area contributed by atoms with Crippen LogP contribution in [0.5, 0.6) is 0 Å². The number of hydrogen-bond donors (Lipinski definition) is 8. The van der Waals surface area contributed by atoms with Gasteiger partial charge in [0.2, 0.25) is 11.8 Å². The highest BCUT2D eigenvalue weighted by atomic mass is 16.8. The van der Waals surface area contributed by atoms with E-state index in [2.05, 4.69) is 10.6 Å². The van der Waals surface area contributed by atoms with Gasteiger partial charge in [-0.2, -0.15) is 0 Å². The molecule has 2 heterocycles. The number of fused-ring (bicyclic) bond motifs is 2. The Kier molecular flexibility index (Phi) is 15.6. The predicted molar refractivity (Wildman–Crippen MR) is 221 cm³/mol. The molecule has 18 nitrogen and oxygen atoms in total. The number of amides is 2. The normalized spacial score (nSPS) is 27.7. The van der Waals surface area contributed by atoms with Crippen LogP contribution in [0, 0.1) is 0 Å². The van der Waals surface area contributed by atoms with E-state index in [1.165, 1.54) is 6.92 Å². The molecule has 2 fully saturated rings. The van der Waals surface area contributed by atoms with Crippen LogP contribution < -0.4 is 10.6 Å². The molecule has 2 aliphatic heterocycles. The van der Waals surface area contributed by atoms with Crippen LogP contribution in [0.25, 0.3) is 6.08 Å². The summed E-state index contributed by atoms with van der Waals surface area (Å²) in [6.45, 7) is 5.27. The summed E-state index contributed by atoms with van der Waals surface area (Å²) in [5.74, 6) is -3.86. The smallest absolute Gasteiger partial charge is 0.338 e. The lowest BCUT2D eigenvalue weighted by Crippen LogP contribution is -2.59. The zero-order valence-electron chi connectivity index (χ0n) is 35.6. The third-order valence-electron chi connectivity index (χ3n) is 11.1. The average Bonchev–Trinajstić information content (AvgIpc) is 3.79. The van der Waals surface area contributed by atoms with Gasteiger partial charge in [0.25, 0.3) is 0 Å². The maximum atomic E-state index is 14.0. The van der Waals surface area contributed by atoms with Gasteiger partial charge in [0.15, 0.2) is 12.1 Å². The SMILES string of the molecule is C[C@H](O)[C@@H](NC(=O)C1=C[C@H]2OC3(Cc4ccccc4C3)O[C@H]2[C@H](OC(=O)c2cccc(C=CCO[C@H]3O[C@H](CO)[C@H](O)[C@H](O)[C@H]3O)c2)C1)C(=O)N[C@H](CO)CCC(=O)OC(C)(C)C. The van der Waals surface area contributed by atoms with Crippen LogP contribution in [0.1, 0.15) is 74.0 Å². The van der Waals surface area contributed by atoms with Gasteiger partial charge in [-0.25, -0.2) is 4.79 Å². The first-order chi connectivity index (χ1) is 29.9.